The van der Waals surface area contributed by atoms with Crippen LogP contribution in [0.15, 0.2) is 60.7 Å². The fourth-order valence-electron chi connectivity index (χ4n) is 6.12. The lowest BCUT2D eigenvalue weighted by Gasteiger charge is -2.41. The highest BCUT2D eigenvalue weighted by Crippen LogP contribution is 2.26. The molecule has 0 bridgehead atoms. The van der Waals surface area contributed by atoms with Gasteiger partial charge < -0.3 is 35.2 Å². The van der Waals surface area contributed by atoms with Gasteiger partial charge in [0, 0.05) is 82.5 Å². The number of nitrogens with two attached hydrogens (primary N) is 1. The van der Waals surface area contributed by atoms with Crippen LogP contribution in [-0.2, 0) is 29.6 Å². The molecule has 17 heteroatoms. The minimum atomic E-state index is -5.08. The van der Waals surface area contributed by atoms with Crippen molar-refractivity contribution >= 4 is 29.2 Å². The van der Waals surface area contributed by atoms with Gasteiger partial charge in [-0.25, -0.2) is 9.59 Å². The van der Waals surface area contributed by atoms with E-state index in [2.05, 4.69) is 92.6 Å². The Balaban J connectivity index is 0.000000458. The van der Waals surface area contributed by atoms with Crippen molar-refractivity contribution in [1.82, 2.24) is 14.4 Å². The second-order valence-corrected chi connectivity index (χ2v) is 12.7. The summed E-state index contributed by atoms with van der Waals surface area (Å²) in [5.74, 6) is -5.37. The summed E-state index contributed by atoms with van der Waals surface area (Å²) in [5, 5.41) is 14.2. The van der Waals surface area contributed by atoms with Gasteiger partial charge >= 0.3 is 24.3 Å². The van der Waals surface area contributed by atoms with E-state index >= 15 is 0 Å². The van der Waals surface area contributed by atoms with E-state index in [1.807, 2.05) is 13.1 Å². The molecule has 3 heterocycles. The zero-order valence-corrected chi connectivity index (χ0v) is 29.8. The van der Waals surface area contributed by atoms with Gasteiger partial charge in [-0.15, -0.1) is 0 Å². The molecule has 0 unspecified atom stereocenters. The van der Waals surface area contributed by atoms with Crippen molar-refractivity contribution in [2.45, 2.75) is 51.6 Å². The van der Waals surface area contributed by atoms with Crippen molar-refractivity contribution in [3.63, 3.8) is 0 Å². The van der Waals surface area contributed by atoms with E-state index in [0.717, 1.165) is 77.4 Å². The van der Waals surface area contributed by atoms with Gasteiger partial charge in [0.2, 0.25) is 0 Å². The molecule has 2 aliphatic rings. The first-order valence-corrected chi connectivity index (χ1v) is 17.0. The van der Waals surface area contributed by atoms with E-state index in [4.69, 9.17) is 25.5 Å². The smallest absolute Gasteiger partial charge is 0.475 e. The van der Waals surface area contributed by atoms with Gasteiger partial charge in [0.05, 0.1) is 0 Å². The summed E-state index contributed by atoms with van der Waals surface area (Å²) in [5.41, 5.74) is 13.0. The molecule has 292 valence electrons. The molecule has 2 aliphatic heterocycles. The monoisotopic (exact) mass is 756 g/mol. The molecule has 0 saturated carbocycles. The number of rotatable bonds is 8. The van der Waals surface area contributed by atoms with Gasteiger partial charge in [0.25, 0.3) is 5.91 Å². The quantitative estimate of drug-likeness (QED) is 0.267. The average molecular weight is 757 g/mol. The predicted octanol–water partition coefficient (Wildman–Crippen LogP) is 5.16. The normalized spacial score (nSPS) is 16.6. The Labute approximate surface area is 304 Å². The Hall–Kier alpha value is -4.77. The number of hydrogen-bond acceptors (Lipinski definition) is 7. The number of aliphatic carboxylic acids is 2. The third-order valence-electron chi connectivity index (χ3n) is 9.10. The minimum Gasteiger partial charge on any atom is -0.475 e. The van der Waals surface area contributed by atoms with Crippen LogP contribution in [0.2, 0.25) is 0 Å². The third-order valence-corrected chi connectivity index (χ3v) is 9.10. The van der Waals surface area contributed by atoms with Crippen LogP contribution in [0.25, 0.3) is 0 Å². The van der Waals surface area contributed by atoms with Crippen LogP contribution in [0.5, 0.6) is 0 Å². The van der Waals surface area contributed by atoms with E-state index in [1.165, 1.54) is 28.2 Å². The van der Waals surface area contributed by atoms with Crippen LogP contribution < -0.4 is 15.5 Å². The molecule has 0 aliphatic carbocycles. The van der Waals surface area contributed by atoms with Crippen LogP contribution in [0, 0.1) is 6.92 Å². The summed E-state index contributed by atoms with van der Waals surface area (Å²) < 4.78 is 65.6. The molecular formula is C36H46F6N6O5. The molecule has 0 radical (unpaired) electrons. The molecule has 1 atom stereocenters. The van der Waals surface area contributed by atoms with E-state index in [-0.39, 0.29) is 11.9 Å². The molecule has 1 aromatic heterocycles. The molecule has 5 rings (SSSR count). The molecule has 0 spiro atoms. The molecule has 2 saturated heterocycles. The molecule has 53 heavy (non-hydrogen) atoms. The fourth-order valence-corrected chi connectivity index (χ4v) is 6.12. The number of alkyl halides is 6. The second-order valence-electron chi connectivity index (χ2n) is 12.7. The summed E-state index contributed by atoms with van der Waals surface area (Å²) in [6.07, 6.45) is -8.11. The summed E-state index contributed by atoms with van der Waals surface area (Å²) in [4.78, 5) is 41.0. The first-order valence-electron chi connectivity index (χ1n) is 17.0. The minimum absolute atomic E-state index is 0.144. The number of benzene rings is 2. The number of amides is 1. The van der Waals surface area contributed by atoms with Crippen LogP contribution in [0.4, 0.5) is 37.7 Å². The van der Waals surface area contributed by atoms with Crippen LogP contribution in [0.1, 0.15) is 40.7 Å². The van der Waals surface area contributed by atoms with Gasteiger partial charge in [0.15, 0.2) is 0 Å². The van der Waals surface area contributed by atoms with Crippen LogP contribution in [-0.4, -0.2) is 113 Å². The van der Waals surface area contributed by atoms with Crippen LogP contribution >= 0.6 is 0 Å². The Kier molecular flexibility index (Phi) is 15.1. The van der Waals surface area contributed by atoms with Crippen molar-refractivity contribution in [1.29, 1.82) is 0 Å². The first-order chi connectivity index (χ1) is 24.8. The van der Waals surface area contributed by atoms with E-state index in [9.17, 15) is 31.1 Å². The first kappa shape index (κ1) is 42.6. The van der Waals surface area contributed by atoms with Crippen molar-refractivity contribution in [3.05, 3.63) is 83.2 Å². The standard InChI is InChI=1S/C32H44N6O.2C2HF3O2/c1-25-23-37(29-12-5-4-6-13-29)20-21-38(25)32(39)31-22-28(26(2)34(31)3)24-35-16-18-36(19-17-35)30-14-8-7-10-27(30)11-9-15-33;2*3-2(4,5)1(6)7/h4-8,10,12-14,22,25H,9,11,15-21,23-24,33H2,1-3H3;2*(H,6,7)/t25-;;/m1../s1. The van der Waals surface area contributed by atoms with Crippen molar-refractivity contribution < 1.29 is 50.9 Å². The maximum absolute atomic E-state index is 13.7. The SMILES string of the molecule is Cc1c(CN2CCN(c3ccccc3CCCN)CC2)cc(C(=O)N2CCN(c3ccccc3)C[C@H]2C)n1C.O=C(O)C(F)(F)F.O=C(O)C(F)(F)F. The second kappa shape index (κ2) is 18.8. The fraction of sp³-hybridized carbons (Fsp3) is 0.472. The number of carbonyl (C=O) groups excluding carboxylic acids is 1. The third kappa shape index (κ3) is 12.1. The van der Waals surface area contributed by atoms with E-state index in [1.54, 1.807) is 0 Å². The van der Waals surface area contributed by atoms with Gasteiger partial charge in [0.1, 0.15) is 5.69 Å². The summed E-state index contributed by atoms with van der Waals surface area (Å²) in [6, 6.07) is 21.6. The topological polar surface area (TPSA) is 136 Å². The molecule has 3 aromatic rings. The number of carbonyl (C=O) groups is 3. The van der Waals surface area contributed by atoms with Gasteiger partial charge in [-0.3, -0.25) is 9.69 Å². The highest BCUT2D eigenvalue weighted by Gasteiger charge is 2.39. The summed E-state index contributed by atoms with van der Waals surface area (Å²) in [6.45, 7) is 12.4. The summed E-state index contributed by atoms with van der Waals surface area (Å²) >= 11 is 0. The number of nitrogens with zero attached hydrogens (tertiary/aromatic N) is 5. The molecule has 2 fully saturated rings. The number of aromatic nitrogens is 1. The van der Waals surface area contributed by atoms with Crippen molar-refractivity contribution in [2.75, 3.05) is 62.2 Å². The van der Waals surface area contributed by atoms with Crippen molar-refractivity contribution in [2.24, 2.45) is 12.8 Å². The van der Waals surface area contributed by atoms with Crippen molar-refractivity contribution in [3.8, 4) is 0 Å². The number of aryl methyl sites for hydroxylation is 1. The Morgan fingerprint density at radius 2 is 1.32 bits per heavy atom. The maximum Gasteiger partial charge on any atom is 0.490 e. The zero-order chi connectivity index (χ0) is 39.5. The lowest BCUT2D eigenvalue weighted by atomic mass is 10.1. The lowest BCUT2D eigenvalue weighted by Crippen LogP contribution is -2.54. The number of carboxylic acids is 2. The highest BCUT2D eigenvalue weighted by molar-refractivity contribution is 5.93. The van der Waals surface area contributed by atoms with E-state index < -0.39 is 24.3 Å². The lowest BCUT2D eigenvalue weighted by molar-refractivity contribution is -0.193. The van der Waals surface area contributed by atoms with Gasteiger partial charge in [-0.05, 0) is 68.6 Å². The molecule has 2 aromatic carbocycles. The molecular weight excluding hydrogens is 710 g/mol. The number of para-hydroxylation sites is 2. The van der Waals surface area contributed by atoms with Gasteiger partial charge in [-0.2, -0.15) is 26.3 Å². The number of hydrogen-bond donors (Lipinski definition) is 3. The molecule has 1 amide bonds. The Bertz CT molecular complexity index is 1630. The highest BCUT2D eigenvalue weighted by atomic mass is 19.4. The Morgan fingerprint density at radius 3 is 1.85 bits per heavy atom. The largest absolute Gasteiger partial charge is 0.490 e. The average Bonchev–Trinajstić information content (AvgIpc) is 3.39. The van der Waals surface area contributed by atoms with E-state index in [0.29, 0.717) is 0 Å². The predicted molar refractivity (Wildman–Crippen MR) is 188 cm³/mol. The van der Waals surface area contributed by atoms with Gasteiger partial charge in [-0.1, -0.05) is 36.4 Å². The maximum atomic E-state index is 13.7. The Morgan fingerprint density at radius 1 is 0.792 bits per heavy atom. The number of halogens is 6. The number of piperazine rings is 2. The molecule has 4 N–H and O–H groups in total. The van der Waals surface area contributed by atoms with Crippen LogP contribution in [0.3, 0.4) is 0 Å². The zero-order valence-electron chi connectivity index (χ0n) is 29.8. The number of carboxylic acid groups (broad SMARTS) is 2. The summed E-state index contributed by atoms with van der Waals surface area (Å²) in [7, 11) is 2.03. The number of anilines is 2. The molecule has 11 nitrogen and oxygen atoms in total.